The third kappa shape index (κ3) is 1.87. The molecule has 4 bridgehead atoms. The van der Waals surface area contributed by atoms with Crippen molar-refractivity contribution < 1.29 is 0 Å². The van der Waals surface area contributed by atoms with E-state index in [4.69, 9.17) is 0 Å². The molecule has 0 aromatic heterocycles. The van der Waals surface area contributed by atoms with Crippen LogP contribution in [0.3, 0.4) is 0 Å². The fourth-order valence-corrected chi connectivity index (χ4v) is 8.44. The summed E-state index contributed by atoms with van der Waals surface area (Å²) >= 11 is 0. The lowest BCUT2D eigenvalue weighted by molar-refractivity contribution is -0.0729. The van der Waals surface area contributed by atoms with Crippen molar-refractivity contribution in [2.45, 2.75) is 43.9 Å². The molecule has 6 aliphatic carbocycles. The van der Waals surface area contributed by atoms with Crippen LogP contribution in [-0.2, 0) is 11.8 Å². The second-order valence-electron chi connectivity index (χ2n) is 10.2. The van der Waals surface area contributed by atoms with Crippen LogP contribution in [-0.4, -0.2) is 0 Å². The zero-order chi connectivity index (χ0) is 18.3. The normalized spacial score (nSPS) is 36.9. The van der Waals surface area contributed by atoms with E-state index in [2.05, 4.69) is 66.8 Å². The Morgan fingerprint density at radius 3 is 2.11 bits per heavy atom. The van der Waals surface area contributed by atoms with Gasteiger partial charge in [-0.25, -0.2) is 0 Å². The average Bonchev–Trinajstić information content (AvgIpc) is 3.36. The Kier molecular flexibility index (Phi) is 3.10. The maximum absolute atomic E-state index is 2.53. The standard InChI is InChI=1S/C28H28/c1-4-9-24-20(6-1)17-26-25(24)10-5-11-27(26)28(21-7-2-3-8-21)22-13-18-12-19(15-22)16-23(28)14-18/h1-11,18-19,21-23H,12-17H2. The largest absolute Gasteiger partial charge is 0.0767 e. The summed E-state index contributed by atoms with van der Waals surface area (Å²) < 4.78 is 0. The molecule has 6 aliphatic rings. The fraction of sp³-hybridized carbons (Fsp3) is 0.429. The number of allylic oxidation sites excluding steroid dienone is 4. The van der Waals surface area contributed by atoms with Crippen molar-refractivity contribution in [2.24, 2.45) is 29.6 Å². The lowest BCUT2D eigenvalue weighted by atomic mass is 9.40. The molecule has 0 radical (unpaired) electrons. The third-order valence-corrected chi connectivity index (χ3v) is 9.11. The van der Waals surface area contributed by atoms with Crippen LogP contribution in [0.2, 0.25) is 0 Å². The van der Waals surface area contributed by atoms with Crippen molar-refractivity contribution in [1.82, 2.24) is 0 Å². The number of benzene rings is 2. The first-order valence-corrected chi connectivity index (χ1v) is 11.4. The predicted molar refractivity (Wildman–Crippen MR) is 115 cm³/mol. The van der Waals surface area contributed by atoms with Gasteiger partial charge >= 0.3 is 0 Å². The van der Waals surface area contributed by atoms with Crippen LogP contribution < -0.4 is 0 Å². The molecular weight excluding hydrogens is 336 g/mol. The third-order valence-electron chi connectivity index (χ3n) is 9.11. The summed E-state index contributed by atoms with van der Waals surface area (Å²) in [6, 6.07) is 16.4. The average molecular weight is 365 g/mol. The first kappa shape index (κ1) is 15.8. The van der Waals surface area contributed by atoms with Crippen molar-refractivity contribution >= 4 is 0 Å². The molecule has 28 heavy (non-hydrogen) atoms. The second-order valence-corrected chi connectivity index (χ2v) is 10.2. The van der Waals surface area contributed by atoms with Crippen LogP contribution in [0.1, 0.15) is 48.8 Å². The summed E-state index contributed by atoms with van der Waals surface area (Å²) in [6.45, 7) is 0. The van der Waals surface area contributed by atoms with Gasteiger partial charge in [0.15, 0.2) is 0 Å². The van der Waals surface area contributed by atoms with Gasteiger partial charge in [0, 0.05) is 11.3 Å². The Labute approximate surface area is 168 Å². The highest BCUT2D eigenvalue weighted by molar-refractivity contribution is 5.78. The molecule has 0 nitrogen and oxygen atoms in total. The summed E-state index contributed by atoms with van der Waals surface area (Å²) in [5, 5.41) is 0. The van der Waals surface area contributed by atoms with E-state index >= 15 is 0 Å². The van der Waals surface area contributed by atoms with Gasteiger partial charge in [0.1, 0.15) is 0 Å². The smallest absolute Gasteiger partial charge is 0.0110 e. The Morgan fingerprint density at radius 2 is 1.36 bits per heavy atom. The summed E-state index contributed by atoms with van der Waals surface area (Å²) in [7, 11) is 0. The SMILES string of the molecule is C1=CC(C2(c3cccc4c3Cc3ccccc3-4)C3CC4CC(C3)CC2C4)C=C1. The summed E-state index contributed by atoms with van der Waals surface area (Å²) in [5.74, 6) is 4.36. The van der Waals surface area contributed by atoms with Crippen molar-refractivity contribution in [3.63, 3.8) is 0 Å². The first-order valence-electron chi connectivity index (χ1n) is 11.4. The highest BCUT2D eigenvalue weighted by atomic mass is 14.6. The van der Waals surface area contributed by atoms with Crippen LogP contribution in [0, 0.1) is 29.6 Å². The van der Waals surface area contributed by atoms with Gasteiger partial charge in [0.2, 0.25) is 0 Å². The van der Waals surface area contributed by atoms with Crippen molar-refractivity contribution in [3.8, 4) is 11.1 Å². The van der Waals surface area contributed by atoms with Gasteiger partial charge in [-0.05, 0) is 90.0 Å². The molecule has 4 fully saturated rings. The van der Waals surface area contributed by atoms with Crippen LogP contribution in [0.4, 0.5) is 0 Å². The minimum atomic E-state index is 0.338. The number of rotatable bonds is 2. The van der Waals surface area contributed by atoms with Crippen LogP contribution in [0.5, 0.6) is 0 Å². The van der Waals surface area contributed by atoms with E-state index in [1.165, 1.54) is 48.8 Å². The minimum absolute atomic E-state index is 0.338. The number of hydrogen-bond acceptors (Lipinski definition) is 0. The highest BCUT2D eigenvalue weighted by Crippen LogP contribution is 2.67. The topological polar surface area (TPSA) is 0 Å². The van der Waals surface area contributed by atoms with Gasteiger partial charge in [-0.2, -0.15) is 0 Å². The number of fused-ring (bicyclic) bond motifs is 3. The Hall–Kier alpha value is -2.08. The Bertz CT molecular complexity index is 980. The van der Waals surface area contributed by atoms with Crippen LogP contribution >= 0.6 is 0 Å². The Balaban J connectivity index is 1.47. The van der Waals surface area contributed by atoms with Gasteiger partial charge in [-0.3, -0.25) is 0 Å². The van der Waals surface area contributed by atoms with E-state index < -0.39 is 0 Å². The van der Waals surface area contributed by atoms with Gasteiger partial charge in [-0.15, -0.1) is 0 Å². The van der Waals surface area contributed by atoms with Gasteiger partial charge in [0.25, 0.3) is 0 Å². The van der Waals surface area contributed by atoms with Gasteiger partial charge in [0.05, 0.1) is 0 Å². The zero-order valence-corrected chi connectivity index (χ0v) is 16.5. The quantitative estimate of drug-likeness (QED) is 0.475. The van der Waals surface area contributed by atoms with E-state index in [-0.39, 0.29) is 0 Å². The van der Waals surface area contributed by atoms with Crippen molar-refractivity contribution in [2.75, 3.05) is 0 Å². The van der Waals surface area contributed by atoms with Crippen LogP contribution in [0.25, 0.3) is 11.1 Å². The summed E-state index contributed by atoms with van der Waals surface area (Å²) in [5.41, 5.74) is 8.25. The molecule has 0 saturated heterocycles. The molecule has 0 heterocycles. The van der Waals surface area contributed by atoms with E-state index in [1.54, 1.807) is 11.1 Å². The molecule has 0 heteroatoms. The maximum Gasteiger partial charge on any atom is 0.0110 e. The van der Waals surface area contributed by atoms with Crippen molar-refractivity contribution in [1.29, 1.82) is 0 Å². The first-order chi connectivity index (χ1) is 13.8. The molecule has 0 amide bonds. The van der Waals surface area contributed by atoms with Gasteiger partial charge in [-0.1, -0.05) is 66.8 Å². The maximum atomic E-state index is 2.53. The van der Waals surface area contributed by atoms with Crippen LogP contribution in [0.15, 0.2) is 66.8 Å². The molecule has 0 unspecified atom stereocenters. The van der Waals surface area contributed by atoms with E-state index in [0.29, 0.717) is 11.3 Å². The molecule has 0 atom stereocenters. The molecule has 0 N–H and O–H groups in total. The second kappa shape index (κ2) is 5.50. The van der Waals surface area contributed by atoms with E-state index in [9.17, 15) is 0 Å². The highest BCUT2D eigenvalue weighted by Gasteiger charge is 2.60. The number of hydrogen-bond donors (Lipinski definition) is 0. The predicted octanol–water partition coefficient (Wildman–Crippen LogP) is 6.69. The molecule has 0 aliphatic heterocycles. The summed E-state index contributed by atoms with van der Waals surface area (Å²) in [4.78, 5) is 0. The molecule has 0 spiro atoms. The lowest BCUT2D eigenvalue weighted by Crippen LogP contribution is -2.58. The zero-order valence-electron chi connectivity index (χ0n) is 16.5. The molecule has 2 aromatic rings. The molecule has 2 aromatic carbocycles. The lowest BCUT2D eigenvalue weighted by Gasteiger charge is -2.63. The van der Waals surface area contributed by atoms with E-state index in [0.717, 1.165) is 30.1 Å². The van der Waals surface area contributed by atoms with Crippen molar-refractivity contribution in [3.05, 3.63) is 83.5 Å². The molecule has 8 rings (SSSR count). The van der Waals surface area contributed by atoms with E-state index in [1.807, 2.05) is 0 Å². The molecular formula is C28H28. The monoisotopic (exact) mass is 364 g/mol. The summed E-state index contributed by atoms with van der Waals surface area (Å²) in [6.07, 6.45) is 18.2. The fourth-order valence-electron chi connectivity index (χ4n) is 8.44. The Morgan fingerprint density at radius 1 is 0.679 bits per heavy atom. The van der Waals surface area contributed by atoms with Gasteiger partial charge < -0.3 is 0 Å². The minimum Gasteiger partial charge on any atom is -0.0767 e. The molecule has 140 valence electrons. The molecule has 4 saturated carbocycles.